The molecule has 0 aliphatic heterocycles. The summed E-state index contributed by atoms with van der Waals surface area (Å²) in [6, 6.07) is 9.11. The van der Waals surface area contributed by atoms with Crippen LogP contribution in [-0.2, 0) is 14.4 Å². The molecule has 0 bridgehead atoms. The van der Waals surface area contributed by atoms with Gasteiger partial charge >= 0.3 is 5.97 Å². The van der Waals surface area contributed by atoms with E-state index < -0.39 is 10.8 Å². The lowest BCUT2D eigenvalue weighted by atomic mass is 10.0. The summed E-state index contributed by atoms with van der Waals surface area (Å²) in [4.78, 5) is 10.5. The van der Waals surface area contributed by atoms with Gasteiger partial charge in [0.25, 0.3) is 0 Å². The molecular weight excluding hydrogens is 212 g/mol. The zero-order valence-corrected chi connectivity index (χ0v) is 9.33. The van der Waals surface area contributed by atoms with Crippen molar-refractivity contribution in [2.24, 2.45) is 0 Å². The van der Waals surface area contributed by atoms with Crippen LogP contribution in [0.25, 0.3) is 0 Å². The van der Waals surface area contributed by atoms with Gasteiger partial charge in [-0.15, -0.1) is 11.6 Å². The number of hydrogen-bond acceptors (Lipinski definition) is 2. The van der Waals surface area contributed by atoms with Crippen molar-refractivity contribution >= 4 is 17.6 Å². The van der Waals surface area contributed by atoms with E-state index >= 15 is 0 Å². The lowest BCUT2D eigenvalue weighted by Gasteiger charge is -2.20. The van der Waals surface area contributed by atoms with E-state index in [9.17, 15) is 4.79 Å². The van der Waals surface area contributed by atoms with Crippen molar-refractivity contribution in [1.29, 1.82) is 0 Å². The van der Waals surface area contributed by atoms with Crippen molar-refractivity contribution in [1.82, 2.24) is 0 Å². The van der Waals surface area contributed by atoms with Gasteiger partial charge in [0.05, 0.1) is 0 Å². The third-order valence-corrected chi connectivity index (χ3v) is 2.40. The van der Waals surface area contributed by atoms with Crippen LogP contribution in [0.5, 0.6) is 0 Å². The Hall–Kier alpha value is -1.28. The average Bonchev–Trinajstić information content (AvgIpc) is 2.27. The first kappa shape index (κ1) is 11.8. The molecule has 1 aromatic carbocycles. The average molecular weight is 225 g/mol. The maximum absolute atomic E-state index is 11.6. The Bertz CT molecular complexity index is 344. The molecule has 0 saturated heterocycles. The van der Waals surface area contributed by atoms with Crippen molar-refractivity contribution in [3.8, 4) is 0 Å². The highest BCUT2D eigenvalue weighted by atomic mass is 35.5. The number of hydrogen-bond donors (Lipinski definition) is 0. The minimum atomic E-state index is -1.13. The monoisotopic (exact) mass is 224 g/mol. The second kappa shape index (κ2) is 4.99. The standard InChI is InChI=1S/C12H13ClO2/c1-3-9-15-11(14)12(2,13)10-7-5-4-6-8-10/h3-8H,1,9H2,2H3. The lowest BCUT2D eigenvalue weighted by molar-refractivity contribution is -0.145. The van der Waals surface area contributed by atoms with Crippen LogP contribution in [0, 0.1) is 0 Å². The predicted octanol–water partition coefficient (Wildman–Crippen LogP) is 2.87. The summed E-state index contributed by atoms with van der Waals surface area (Å²) in [5.41, 5.74) is 0.723. The fraction of sp³-hybridized carbons (Fsp3) is 0.250. The fourth-order valence-corrected chi connectivity index (χ4v) is 1.32. The van der Waals surface area contributed by atoms with Gasteiger partial charge in [0.1, 0.15) is 6.61 Å². The topological polar surface area (TPSA) is 26.3 Å². The highest BCUT2D eigenvalue weighted by molar-refractivity contribution is 6.33. The summed E-state index contributed by atoms with van der Waals surface area (Å²) in [5, 5.41) is 0. The zero-order valence-electron chi connectivity index (χ0n) is 8.57. The predicted molar refractivity (Wildman–Crippen MR) is 60.8 cm³/mol. The summed E-state index contributed by atoms with van der Waals surface area (Å²) in [7, 11) is 0. The highest BCUT2D eigenvalue weighted by Crippen LogP contribution is 2.29. The number of benzene rings is 1. The van der Waals surface area contributed by atoms with Crippen molar-refractivity contribution in [3.05, 3.63) is 48.6 Å². The molecule has 1 atom stereocenters. The number of esters is 1. The second-order valence-corrected chi connectivity index (χ2v) is 4.01. The second-order valence-electron chi connectivity index (χ2n) is 3.26. The molecule has 1 aromatic rings. The van der Waals surface area contributed by atoms with Gasteiger partial charge in [0, 0.05) is 0 Å². The molecule has 0 fully saturated rings. The third-order valence-electron chi connectivity index (χ3n) is 2.03. The van der Waals surface area contributed by atoms with Gasteiger partial charge in [-0.1, -0.05) is 43.0 Å². The van der Waals surface area contributed by atoms with Crippen LogP contribution in [-0.4, -0.2) is 12.6 Å². The van der Waals surface area contributed by atoms with Crippen LogP contribution >= 0.6 is 11.6 Å². The number of carbonyl (C=O) groups excluding carboxylic acids is 1. The van der Waals surface area contributed by atoms with Crippen molar-refractivity contribution in [2.75, 3.05) is 6.61 Å². The van der Waals surface area contributed by atoms with Gasteiger partial charge in [-0.2, -0.15) is 0 Å². The molecule has 0 N–H and O–H groups in total. The molecule has 0 radical (unpaired) electrons. The largest absolute Gasteiger partial charge is 0.460 e. The summed E-state index contributed by atoms with van der Waals surface area (Å²) in [5.74, 6) is -0.463. The van der Waals surface area contributed by atoms with Crippen LogP contribution < -0.4 is 0 Å². The molecule has 0 amide bonds. The lowest BCUT2D eigenvalue weighted by Crippen LogP contribution is -2.28. The van der Waals surface area contributed by atoms with E-state index in [2.05, 4.69) is 6.58 Å². The number of halogens is 1. The van der Waals surface area contributed by atoms with Gasteiger partial charge in [-0.05, 0) is 12.5 Å². The van der Waals surface area contributed by atoms with Crippen LogP contribution in [0.4, 0.5) is 0 Å². The summed E-state index contributed by atoms with van der Waals surface area (Å²) in [6.07, 6.45) is 1.51. The number of rotatable bonds is 4. The molecule has 0 spiro atoms. The molecular formula is C12H13ClO2. The van der Waals surface area contributed by atoms with Crippen molar-refractivity contribution < 1.29 is 9.53 Å². The smallest absolute Gasteiger partial charge is 0.331 e. The number of alkyl halides is 1. The van der Waals surface area contributed by atoms with Crippen LogP contribution in [0.3, 0.4) is 0 Å². The summed E-state index contributed by atoms with van der Waals surface area (Å²) >= 11 is 6.14. The first-order chi connectivity index (χ1) is 7.09. The first-order valence-corrected chi connectivity index (χ1v) is 4.99. The molecule has 0 saturated carbocycles. The Labute approximate surface area is 94.5 Å². The Morgan fingerprint density at radius 2 is 2.13 bits per heavy atom. The minimum absolute atomic E-state index is 0.175. The van der Waals surface area contributed by atoms with Crippen LogP contribution in [0.2, 0.25) is 0 Å². The van der Waals surface area contributed by atoms with Crippen LogP contribution in [0.15, 0.2) is 43.0 Å². The van der Waals surface area contributed by atoms with E-state index in [-0.39, 0.29) is 6.61 Å². The molecule has 80 valence electrons. The maximum Gasteiger partial charge on any atom is 0.331 e. The maximum atomic E-state index is 11.6. The van der Waals surface area contributed by atoms with Gasteiger partial charge in [0.15, 0.2) is 4.87 Å². The number of ether oxygens (including phenoxy) is 1. The van der Waals surface area contributed by atoms with Gasteiger partial charge in [-0.25, -0.2) is 4.79 Å². The zero-order chi connectivity index (χ0) is 11.3. The third kappa shape index (κ3) is 2.83. The molecule has 1 unspecified atom stereocenters. The van der Waals surface area contributed by atoms with E-state index in [1.54, 1.807) is 19.1 Å². The van der Waals surface area contributed by atoms with Gasteiger partial charge in [0.2, 0.25) is 0 Å². The molecule has 3 heteroatoms. The van der Waals surface area contributed by atoms with E-state index in [0.717, 1.165) is 5.56 Å². The van der Waals surface area contributed by atoms with E-state index in [1.165, 1.54) is 6.08 Å². The quantitative estimate of drug-likeness (QED) is 0.447. The Morgan fingerprint density at radius 1 is 1.53 bits per heavy atom. The fourth-order valence-electron chi connectivity index (χ4n) is 1.14. The van der Waals surface area contributed by atoms with Crippen molar-refractivity contribution in [3.63, 3.8) is 0 Å². The molecule has 1 rings (SSSR count). The Morgan fingerprint density at radius 3 is 2.67 bits per heavy atom. The first-order valence-electron chi connectivity index (χ1n) is 4.61. The molecule has 0 aliphatic carbocycles. The Kier molecular flexibility index (Phi) is 3.92. The molecule has 0 aromatic heterocycles. The molecule has 0 heterocycles. The van der Waals surface area contributed by atoms with Crippen LogP contribution in [0.1, 0.15) is 12.5 Å². The van der Waals surface area contributed by atoms with E-state index in [0.29, 0.717) is 0 Å². The Balaban J connectivity index is 2.82. The number of carbonyl (C=O) groups is 1. The van der Waals surface area contributed by atoms with Gasteiger partial charge in [-0.3, -0.25) is 0 Å². The van der Waals surface area contributed by atoms with Crippen molar-refractivity contribution in [2.45, 2.75) is 11.8 Å². The summed E-state index contributed by atoms with van der Waals surface area (Å²) in [6.45, 7) is 5.26. The van der Waals surface area contributed by atoms with E-state index in [4.69, 9.17) is 16.3 Å². The van der Waals surface area contributed by atoms with E-state index in [1.807, 2.05) is 18.2 Å². The molecule has 15 heavy (non-hydrogen) atoms. The SMILES string of the molecule is C=CCOC(=O)C(C)(Cl)c1ccccc1. The molecule has 0 aliphatic rings. The molecule has 2 nitrogen and oxygen atoms in total. The highest BCUT2D eigenvalue weighted by Gasteiger charge is 2.34. The normalized spacial score (nSPS) is 14.0. The van der Waals surface area contributed by atoms with Gasteiger partial charge < -0.3 is 4.74 Å². The minimum Gasteiger partial charge on any atom is -0.460 e. The summed E-state index contributed by atoms with van der Waals surface area (Å²) < 4.78 is 4.92.